The molecule has 0 aliphatic rings. The van der Waals surface area contributed by atoms with Crippen LogP contribution in [0.1, 0.15) is 25.8 Å². The van der Waals surface area contributed by atoms with E-state index in [2.05, 4.69) is 36.9 Å². The summed E-state index contributed by atoms with van der Waals surface area (Å²) in [6.07, 6.45) is 5.46. The lowest BCUT2D eigenvalue weighted by atomic mass is 10.1. The molecule has 1 heterocycles. The predicted molar refractivity (Wildman–Crippen MR) is 51.8 cm³/mol. The van der Waals surface area contributed by atoms with Crippen LogP contribution in [-0.2, 0) is 13.1 Å². The first-order chi connectivity index (χ1) is 5.72. The van der Waals surface area contributed by atoms with Crippen molar-refractivity contribution in [1.82, 2.24) is 4.57 Å². The van der Waals surface area contributed by atoms with Crippen LogP contribution >= 0.6 is 0 Å². The quantitative estimate of drug-likeness (QED) is 0.728. The Morgan fingerprint density at radius 1 is 1.50 bits per heavy atom. The van der Waals surface area contributed by atoms with Crippen LogP contribution in [0.15, 0.2) is 18.5 Å². The second kappa shape index (κ2) is 4.31. The van der Waals surface area contributed by atoms with Gasteiger partial charge in [0, 0.05) is 25.5 Å². The van der Waals surface area contributed by atoms with E-state index in [4.69, 9.17) is 5.73 Å². The maximum atomic E-state index is 5.51. The second-order valence-corrected chi connectivity index (χ2v) is 3.64. The van der Waals surface area contributed by atoms with Gasteiger partial charge in [0.15, 0.2) is 0 Å². The van der Waals surface area contributed by atoms with Gasteiger partial charge in [-0.05, 0) is 24.0 Å². The highest BCUT2D eigenvalue weighted by Gasteiger charge is 1.96. The fourth-order valence-corrected chi connectivity index (χ4v) is 1.16. The van der Waals surface area contributed by atoms with E-state index in [1.165, 1.54) is 12.0 Å². The fourth-order valence-electron chi connectivity index (χ4n) is 1.16. The Hall–Kier alpha value is -0.760. The van der Waals surface area contributed by atoms with Crippen LogP contribution in [0.5, 0.6) is 0 Å². The van der Waals surface area contributed by atoms with E-state index in [0.717, 1.165) is 12.5 Å². The minimum Gasteiger partial charge on any atom is -0.354 e. The summed E-state index contributed by atoms with van der Waals surface area (Å²) in [6.45, 7) is 6.24. The molecule has 2 heteroatoms. The van der Waals surface area contributed by atoms with Crippen molar-refractivity contribution in [3.05, 3.63) is 24.0 Å². The number of hydrogen-bond acceptors (Lipinski definition) is 1. The third-order valence-corrected chi connectivity index (χ3v) is 2.01. The van der Waals surface area contributed by atoms with Gasteiger partial charge in [0.25, 0.3) is 0 Å². The van der Waals surface area contributed by atoms with Crippen LogP contribution in [0, 0.1) is 5.92 Å². The Labute approximate surface area is 74.4 Å². The molecule has 0 atom stereocenters. The zero-order valence-electron chi connectivity index (χ0n) is 7.96. The molecule has 0 aliphatic carbocycles. The van der Waals surface area contributed by atoms with Crippen LogP contribution in [0.2, 0.25) is 0 Å². The van der Waals surface area contributed by atoms with E-state index in [-0.39, 0.29) is 0 Å². The van der Waals surface area contributed by atoms with E-state index >= 15 is 0 Å². The van der Waals surface area contributed by atoms with Crippen molar-refractivity contribution >= 4 is 0 Å². The van der Waals surface area contributed by atoms with Crippen molar-refractivity contribution in [3.63, 3.8) is 0 Å². The maximum Gasteiger partial charge on any atom is 0.0222 e. The molecule has 0 saturated carbocycles. The molecule has 2 nitrogen and oxygen atoms in total. The SMILES string of the molecule is CC(C)CCn1ccc(CN)c1. The zero-order chi connectivity index (χ0) is 8.97. The summed E-state index contributed by atoms with van der Waals surface area (Å²) in [7, 11) is 0. The zero-order valence-corrected chi connectivity index (χ0v) is 7.96. The lowest BCUT2D eigenvalue weighted by Gasteiger charge is -2.04. The van der Waals surface area contributed by atoms with Gasteiger partial charge in [0.1, 0.15) is 0 Å². The minimum absolute atomic E-state index is 0.647. The molecule has 0 saturated heterocycles. The molecule has 0 spiro atoms. The summed E-state index contributed by atoms with van der Waals surface area (Å²) in [5.74, 6) is 0.772. The molecule has 2 N–H and O–H groups in total. The van der Waals surface area contributed by atoms with Crippen molar-refractivity contribution < 1.29 is 0 Å². The number of aryl methyl sites for hydroxylation is 1. The molecule has 0 unspecified atom stereocenters. The van der Waals surface area contributed by atoms with Crippen molar-refractivity contribution in [2.45, 2.75) is 33.4 Å². The molecule has 0 aliphatic heterocycles. The number of hydrogen-bond donors (Lipinski definition) is 1. The average Bonchev–Trinajstić information content (AvgIpc) is 2.48. The summed E-state index contributed by atoms with van der Waals surface area (Å²) in [5.41, 5.74) is 6.73. The van der Waals surface area contributed by atoms with Crippen LogP contribution < -0.4 is 5.73 Å². The van der Waals surface area contributed by atoms with E-state index in [9.17, 15) is 0 Å². The molecule has 0 fully saturated rings. The van der Waals surface area contributed by atoms with Gasteiger partial charge in [-0.15, -0.1) is 0 Å². The van der Waals surface area contributed by atoms with E-state index in [1.54, 1.807) is 0 Å². The smallest absolute Gasteiger partial charge is 0.0222 e. The predicted octanol–water partition coefficient (Wildman–Crippen LogP) is 1.99. The molecular weight excluding hydrogens is 148 g/mol. The van der Waals surface area contributed by atoms with Gasteiger partial charge in [0.2, 0.25) is 0 Å². The van der Waals surface area contributed by atoms with E-state index in [1.807, 2.05) is 0 Å². The standard InChI is InChI=1S/C10H18N2/c1-9(2)3-5-12-6-4-10(7-11)8-12/h4,6,8-9H,3,5,7,11H2,1-2H3. The summed E-state index contributed by atoms with van der Waals surface area (Å²) in [6, 6.07) is 2.08. The Morgan fingerprint density at radius 3 is 2.75 bits per heavy atom. The molecule has 1 aromatic rings. The summed E-state index contributed by atoms with van der Waals surface area (Å²) in [4.78, 5) is 0. The maximum absolute atomic E-state index is 5.51. The largest absolute Gasteiger partial charge is 0.354 e. The first-order valence-electron chi connectivity index (χ1n) is 4.57. The summed E-state index contributed by atoms with van der Waals surface area (Å²) < 4.78 is 2.21. The Bertz CT molecular complexity index is 225. The van der Waals surface area contributed by atoms with Gasteiger partial charge in [-0.1, -0.05) is 13.8 Å². The van der Waals surface area contributed by atoms with Crippen molar-refractivity contribution in [1.29, 1.82) is 0 Å². The van der Waals surface area contributed by atoms with Crippen LogP contribution in [0.25, 0.3) is 0 Å². The van der Waals surface area contributed by atoms with Crippen molar-refractivity contribution in [3.8, 4) is 0 Å². The van der Waals surface area contributed by atoms with Crippen LogP contribution in [0.3, 0.4) is 0 Å². The summed E-state index contributed by atoms with van der Waals surface area (Å²) in [5, 5.41) is 0. The Morgan fingerprint density at radius 2 is 2.25 bits per heavy atom. The van der Waals surface area contributed by atoms with Crippen molar-refractivity contribution in [2.75, 3.05) is 0 Å². The highest BCUT2D eigenvalue weighted by molar-refractivity contribution is 5.09. The average molecular weight is 166 g/mol. The number of nitrogens with two attached hydrogens (primary N) is 1. The minimum atomic E-state index is 0.647. The van der Waals surface area contributed by atoms with Gasteiger partial charge in [-0.25, -0.2) is 0 Å². The van der Waals surface area contributed by atoms with E-state index < -0.39 is 0 Å². The van der Waals surface area contributed by atoms with Gasteiger partial charge in [-0.2, -0.15) is 0 Å². The van der Waals surface area contributed by atoms with Gasteiger partial charge in [0.05, 0.1) is 0 Å². The topological polar surface area (TPSA) is 30.9 Å². The highest BCUT2D eigenvalue weighted by Crippen LogP contribution is 2.05. The first kappa shape index (κ1) is 9.33. The molecule has 0 bridgehead atoms. The molecule has 68 valence electrons. The molecule has 1 rings (SSSR count). The van der Waals surface area contributed by atoms with E-state index in [0.29, 0.717) is 6.54 Å². The van der Waals surface area contributed by atoms with Gasteiger partial charge < -0.3 is 10.3 Å². The van der Waals surface area contributed by atoms with Gasteiger partial charge >= 0.3 is 0 Å². The summed E-state index contributed by atoms with van der Waals surface area (Å²) >= 11 is 0. The second-order valence-electron chi connectivity index (χ2n) is 3.64. The monoisotopic (exact) mass is 166 g/mol. The molecule has 0 radical (unpaired) electrons. The van der Waals surface area contributed by atoms with Crippen LogP contribution in [-0.4, -0.2) is 4.57 Å². The van der Waals surface area contributed by atoms with Crippen molar-refractivity contribution in [2.24, 2.45) is 11.7 Å². The Balaban J connectivity index is 2.41. The highest BCUT2D eigenvalue weighted by atomic mass is 14.9. The lowest BCUT2D eigenvalue weighted by Crippen LogP contribution is -1.99. The molecular formula is C10H18N2. The third kappa shape index (κ3) is 2.70. The first-order valence-corrected chi connectivity index (χ1v) is 4.57. The normalized spacial score (nSPS) is 11.0. The fraction of sp³-hybridized carbons (Fsp3) is 0.600. The molecule has 0 amide bonds. The number of rotatable bonds is 4. The third-order valence-electron chi connectivity index (χ3n) is 2.01. The molecule has 12 heavy (non-hydrogen) atoms. The molecule has 0 aromatic carbocycles. The van der Waals surface area contributed by atoms with Gasteiger partial charge in [-0.3, -0.25) is 0 Å². The lowest BCUT2D eigenvalue weighted by molar-refractivity contribution is 0.517. The number of aromatic nitrogens is 1. The number of nitrogens with zero attached hydrogens (tertiary/aromatic N) is 1. The van der Waals surface area contributed by atoms with Crippen LogP contribution in [0.4, 0.5) is 0 Å². The Kier molecular flexibility index (Phi) is 3.35. The molecule has 1 aromatic heterocycles.